The van der Waals surface area contributed by atoms with Crippen LogP contribution in [0.3, 0.4) is 0 Å². The van der Waals surface area contributed by atoms with Gasteiger partial charge in [-0.25, -0.2) is 9.37 Å². The number of rotatable bonds is 5. The molecule has 0 amide bonds. The Hall–Kier alpha value is -1.37. The highest BCUT2D eigenvalue weighted by molar-refractivity contribution is 7.99. The lowest BCUT2D eigenvalue weighted by molar-refractivity contribution is 0.128. The van der Waals surface area contributed by atoms with Gasteiger partial charge in [-0.3, -0.25) is 4.79 Å². The second-order valence-electron chi connectivity index (χ2n) is 5.30. The van der Waals surface area contributed by atoms with Gasteiger partial charge >= 0.3 is 0 Å². The maximum Gasteiger partial charge on any atom is 0.254 e. The summed E-state index contributed by atoms with van der Waals surface area (Å²) in [6.45, 7) is 5.61. The lowest BCUT2D eigenvalue weighted by atomic mass is 10.0. The Labute approximate surface area is 143 Å². The van der Waals surface area contributed by atoms with Crippen LogP contribution >= 0.6 is 23.4 Å². The van der Waals surface area contributed by atoms with E-state index in [-0.39, 0.29) is 21.4 Å². The summed E-state index contributed by atoms with van der Waals surface area (Å²) in [6, 6.07) is 4.41. The van der Waals surface area contributed by atoms with Gasteiger partial charge in [0, 0.05) is 28.5 Å². The van der Waals surface area contributed by atoms with Gasteiger partial charge in [0.1, 0.15) is 11.9 Å². The summed E-state index contributed by atoms with van der Waals surface area (Å²) in [5, 5.41) is 0.947. The zero-order valence-electron chi connectivity index (χ0n) is 13.3. The maximum atomic E-state index is 14.2. The van der Waals surface area contributed by atoms with E-state index in [1.54, 1.807) is 13.0 Å². The normalized spacial score (nSPS) is 12.7. The minimum atomic E-state index is -0.850. The van der Waals surface area contributed by atoms with E-state index in [4.69, 9.17) is 16.3 Å². The smallest absolute Gasteiger partial charge is 0.254 e. The number of thioether (sulfide) groups is 1. The monoisotopic (exact) mass is 356 g/mol. The lowest BCUT2D eigenvalue weighted by Gasteiger charge is -2.19. The van der Waals surface area contributed by atoms with Crippen LogP contribution in [0.5, 0.6) is 0 Å². The number of halogens is 2. The molecule has 124 valence electrons. The van der Waals surface area contributed by atoms with E-state index < -0.39 is 11.9 Å². The number of hydrogen-bond donors (Lipinski definition) is 1. The number of H-pyrrole nitrogens is 1. The van der Waals surface area contributed by atoms with Crippen molar-refractivity contribution in [3.8, 4) is 0 Å². The summed E-state index contributed by atoms with van der Waals surface area (Å²) in [5.41, 5.74) is 0.654. The molecule has 0 aliphatic carbocycles. The van der Waals surface area contributed by atoms with E-state index in [1.165, 1.54) is 31.0 Å². The Morgan fingerprint density at radius 3 is 2.65 bits per heavy atom. The molecule has 2 rings (SSSR count). The van der Waals surface area contributed by atoms with Gasteiger partial charge in [0.25, 0.3) is 5.56 Å². The number of benzene rings is 1. The molecule has 2 aromatic rings. The molecule has 0 unspecified atom stereocenters. The minimum absolute atomic E-state index is 0.179. The van der Waals surface area contributed by atoms with Crippen LogP contribution in [0.2, 0.25) is 5.02 Å². The quantitative estimate of drug-likeness (QED) is 0.647. The number of nitrogens with zero attached hydrogens (tertiary/aromatic N) is 1. The van der Waals surface area contributed by atoms with E-state index in [1.807, 2.05) is 13.8 Å². The van der Waals surface area contributed by atoms with Crippen molar-refractivity contribution in [1.29, 1.82) is 0 Å². The summed E-state index contributed by atoms with van der Waals surface area (Å²) < 4.78 is 19.7. The zero-order chi connectivity index (χ0) is 17.1. The largest absolute Gasteiger partial charge is 0.370 e. The molecule has 0 bridgehead atoms. The Bertz CT molecular complexity index is 744. The van der Waals surface area contributed by atoms with Crippen LogP contribution in [-0.2, 0) is 4.74 Å². The molecule has 0 radical (unpaired) electrons. The van der Waals surface area contributed by atoms with Crippen LogP contribution in [0.1, 0.15) is 36.8 Å². The van der Waals surface area contributed by atoms with Gasteiger partial charge in [-0.2, -0.15) is 0 Å². The molecule has 0 saturated heterocycles. The van der Waals surface area contributed by atoms with E-state index in [0.717, 1.165) is 0 Å². The van der Waals surface area contributed by atoms with Crippen LogP contribution < -0.4 is 5.56 Å². The third-order valence-electron chi connectivity index (χ3n) is 3.26. The molecular formula is C16H18ClFN2O2S. The zero-order valence-corrected chi connectivity index (χ0v) is 14.9. The number of aromatic nitrogens is 2. The number of methoxy groups -OCH3 is 1. The fourth-order valence-corrected chi connectivity index (χ4v) is 3.20. The number of nitrogens with one attached hydrogen (secondary N) is 1. The Kier molecular flexibility index (Phi) is 5.84. The molecule has 0 saturated carbocycles. The van der Waals surface area contributed by atoms with E-state index in [2.05, 4.69) is 9.97 Å². The highest BCUT2D eigenvalue weighted by atomic mass is 35.5. The molecule has 1 atom stereocenters. The molecule has 0 spiro atoms. The van der Waals surface area contributed by atoms with Gasteiger partial charge < -0.3 is 9.72 Å². The molecule has 1 N–H and O–H groups in total. The average molecular weight is 357 g/mol. The van der Waals surface area contributed by atoms with Crippen LogP contribution in [0, 0.1) is 12.7 Å². The average Bonchev–Trinajstić information content (AvgIpc) is 2.46. The molecule has 0 fully saturated rings. The van der Waals surface area contributed by atoms with Crippen LogP contribution in [0.4, 0.5) is 4.39 Å². The second-order valence-corrected chi connectivity index (χ2v) is 7.27. The van der Waals surface area contributed by atoms with Gasteiger partial charge in [-0.05, 0) is 19.1 Å². The van der Waals surface area contributed by atoms with Gasteiger partial charge in [-0.15, -0.1) is 0 Å². The van der Waals surface area contributed by atoms with Gasteiger partial charge in [0.05, 0.1) is 5.69 Å². The highest BCUT2D eigenvalue weighted by Crippen LogP contribution is 2.33. The highest BCUT2D eigenvalue weighted by Gasteiger charge is 2.25. The molecule has 1 heterocycles. The molecule has 1 aromatic heterocycles. The van der Waals surface area contributed by atoms with Crippen LogP contribution in [0.15, 0.2) is 28.2 Å². The molecule has 0 aliphatic rings. The fraction of sp³-hybridized carbons (Fsp3) is 0.375. The first kappa shape index (κ1) is 18.0. The van der Waals surface area contributed by atoms with Crippen LogP contribution in [-0.4, -0.2) is 22.3 Å². The van der Waals surface area contributed by atoms with E-state index in [9.17, 15) is 9.18 Å². The summed E-state index contributed by atoms with van der Waals surface area (Å²) in [6.07, 6.45) is -0.850. The Balaban J connectivity index is 2.62. The molecule has 0 aliphatic heterocycles. The van der Waals surface area contributed by atoms with Gasteiger partial charge in [-0.1, -0.05) is 43.3 Å². The van der Waals surface area contributed by atoms with Gasteiger partial charge in [0.2, 0.25) is 0 Å². The molecular weight excluding hydrogens is 339 g/mol. The summed E-state index contributed by atoms with van der Waals surface area (Å²) in [4.78, 5) is 19.4. The topological polar surface area (TPSA) is 55.0 Å². The van der Waals surface area contributed by atoms with E-state index >= 15 is 0 Å². The SMILES string of the molecule is CO[C@H](c1nc(SC(C)C)[nH]c(=O)c1C)c1c(F)cccc1Cl. The molecule has 23 heavy (non-hydrogen) atoms. The van der Waals surface area contributed by atoms with Gasteiger partial charge in [0.15, 0.2) is 5.16 Å². The van der Waals surface area contributed by atoms with Crippen molar-refractivity contribution in [1.82, 2.24) is 9.97 Å². The van der Waals surface area contributed by atoms with Crippen molar-refractivity contribution in [2.24, 2.45) is 0 Å². The second kappa shape index (κ2) is 7.47. The predicted octanol–water partition coefficient (Wildman–Crippen LogP) is 4.11. The third kappa shape index (κ3) is 3.94. The van der Waals surface area contributed by atoms with Crippen LogP contribution in [0.25, 0.3) is 0 Å². The van der Waals surface area contributed by atoms with Crippen molar-refractivity contribution < 1.29 is 9.13 Å². The summed E-state index contributed by atoms with van der Waals surface area (Å²) in [7, 11) is 1.44. The lowest BCUT2D eigenvalue weighted by Crippen LogP contribution is -2.20. The van der Waals surface area contributed by atoms with Crippen molar-refractivity contribution in [2.45, 2.75) is 37.3 Å². The third-order valence-corrected chi connectivity index (χ3v) is 4.48. The summed E-state index contributed by atoms with van der Waals surface area (Å²) >= 11 is 7.55. The van der Waals surface area contributed by atoms with E-state index in [0.29, 0.717) is 16.4 Å². The Morgan fingerprint density at radius 1 is 1.39 bits per heavy atom. The van der Waals surface area contributed by atoms with Crippen molar-refractivity contribution in [3.05, 3.63) is 56.2 Å². The number of hydrogen-bond acceptors (Lipinski definition) is 4. The van der Waals surface area contributed by atoms with Crippen molar-refractivity contribution in [3.63, 3.8) is 0 Å². The fourth-order valence-electron chi connectivity index (χ4n) is 2.19. The molecule has 1 aromatic carbocycles. The standard InChI is InChI=1S/C16H18ClFN2O2S/c1-8(2)23-16-19-13(9(3)15(21)20-16)14(22-4)12-10(17)6-5-7-11(12)18/h5-8,14H,1-4H3,(H,19,20,21)/t14-/m0/s1. The minimum Gasteiger partial charge on any atom is -0.370 e. The molecule has 7 heteroatoms. The van der Waals surface area contributed by atoms with Crippen molar-refractivity contribution in [2.75, 3.05) is 7.11 Å². The van der Waals surface area contributed by atoms with Crippen molar-refractivity contribution >= 4 is 23.4 Å². The first-order valence-corrected chi connectivity index (χ1v) is 8.35. The maximum absolute atomic E-state index is 14.2. The first-order valence-electron chi connectivity index (χ1n) is 7.09. The number of aromatic amines is 1. The summed E-state index contributed by atoms with van der Waals surface area (Å²) in [5.74, 6) is -0.496. The number of ether oxygens (including phenoxy) is 1. The first-order chi connectivity index (χ1) is 10.8. The molecule has 4 nitrogen and oxygen atoms in total. The Morgan fingerprint density at radius 2 is 2.09 bits per heavy atom. The predicted molar refractivity (Wildman–Crippen MR) is 90.8 cm³/mol.